The summed E-state index contributed by atoms with van der Waals surface area (Å²) in [5.41, 5.74) is 3.66. The Bertz CT molecular complexity index is 519. The van der Waals surface area contributed by atoms with Gasteiger partial charge in [-0.15, -0.1) is 0 Å². The minimum Gasteiger partial charge on any atom is -0.394 e. The van der Waals surface area contributed by atoms with Gasteiger partial charge in [0.1, 0.15) is 0 Å². The van der Waals surface area contributed by atoms with Crippen LogP contribution >= 0.6 is 0 Å². The number of aliphatic hydroxyl groups excluding tert-OH is 1. The van der Waals surface area contributed by atoms with E-state index in [1.54, 1.807) is 0 Å². The maximum absolute atomic E-state index is 9.10. The highest BCUT2D eigenvalue weighted by molar-refractivity contribution is 5.63. The van der Waals surface area contributed by atoms with Gasteiger partial charge in [0.15, 0.2) is 0 Å². The summed E-state index contributed by atoms with van der Waals surface area (Å²) in [6.45, 7) is 0.124. The van der Waals surface area contributed by atoms with Gasteiger partial charge in [-0.3, -0.25) is 0 Å². The highest BCUT2D eigenvalue weighted by Crippen LogP contribution is 2.33. The van der Waals surface area contributed by atoms with E-state index < -0.39 is 0 Å². The predicted molar refractivity (Wildman–Crippen MR) is 75.8 cm³/mol. The minimum absolute atomic E-state index is 0.0128. The van der Waals surface area contributed by atoms with Crippen LogP contribution in [0.3, 0.4) is 0 Å². The molecule has 1 aliphatic rings. The molecule has 2 aromatic carbocycles. The average Bonchev–Trinajstić information content (AvgIpc) is 2.97. The Morgan fingerprint density at radius 3 is 2.21 bits per heavy atom. The van der Waals surface area contributed by atoms with Gasteiger partial charge in [0.2, 0.25) is 0 Å². The van der Waals surface area contributed by atoms with E-state index in [2.05, 4.69) is 48.5 Å². The Morgan fingerprint density at radius 2 is 1.58 bits per heavy atom. The van der Waals surface area contributed by atoms with Crippen molar-refractivity contribution in [3.8, 4) is 11.1 Å². The summed E-state index contributed by atoms with van der Waals surface area (Å²) in [6.07, 6.45) is 2.10. The van der Waals surface area contributed by atoms with Crippen molar-refractivity contribution in [1.82, 2.24) is 0 Å². The summed E-state index contributed by atoms with van der Waals surface area (Å²) >= 11 is 0. The van der Waals surface area contributed by atoms with Gasteiger partial charge >= 0.3 is 0 Å². The molecule has 0 spiro atoms. The molecule has 98 valence electrons. The van der Waals surface area contributed by atoms with Crippen molar-refractivity contribution < 1.29 is 9.84 Å². The lowest BCUT2D eigenvalue weighted by Crippen LogP contribution is -2.10. The van der Waals surface area contributed by atoms with E-state index in [-0.39, 0.29) is 18.8 Å². The van der Waals surface area contributed by atoms with Crippen LogP contribution in [-0.4, -0.2) is 17.8 Å². The lowest BCUT2D eigenvalue weighted by molar-refractivity contribution is 0.0110. The van der Waals surface area contributed by atoms with Crippen LogP contribution in [0.25, 0.3) is 11.1 Å². The van der Waals surface area contributed by atoms with Gasteiger partial charge < -0.3 is 9.84 Å². The summed E-state index contributed by atoms with van der Waals surface area (Å²) in [5.74, 6) is 0. The molecule has 0 radical (unpaired) electrons. The molecule has 1 fully saturated rings. The van der Waals surface area contributed by atoms with Crippen LogP contribution in [0.15, 0.2) is 54.6 Å². The van der Waals surface area contributed by atoms with Gasteiger partial charge in [-0.2, -0.15) is 0 Å². The molecule has 0 saturated carbocycles. The van der Waals surface area contributed by atoms with Crippen molar-refractivity contribution in [2.24, 2.45) is 0 Å². The Labute approximate surface area is 113 Å². The van der Waals surface area contributed by atoms with E-state index in [0.717, 1.165) is 12.8 Å². The number of hydrogen-bond acceptors (Lipinski definition) is 2. The molecule has 2 heteroatoms. The zero-order valence-corrected chi connectivity index (χ0v) is 10.8. The van der Waals surface area contributed by atoms with Gasteiger partial charge in [-0.25, -0.2) is 0 Å². The second-order valence-electron chi connectivity index (χ2n) is 4.99. The van der Waals surface area contributed by atoms with Crippen LogP contribution in [0.5, 0.6) is 0 Å². The molecular formula is C17H18O2. The molecule has 1 aliphatic heterocycles. The number of aliphatic hydroxyl groups is 1. The van der Waals surface area contributed by atoms with E-state index in [1.165, 1.54) is 16.7 Å². The van der Waals surface area contributed by atoms with Crippen molar-refractivity contribution in [2.75, 3.05) is 6.61 Å². The summed E-state index contributed by atoms with van der Waals surface area (Å²) in [5, 5.41) is 9.10. The maximum Gasteiger partial charge on any atom is 0.0830 e. The molecule has 2 atom stereocenters. The third kappa shape index (κ3) is 2.70. The average molecular weight is 254 g/mol. The number of hydrogen-bond donors (Lipinski definition) is 1. The third-order valence-corrected chi connectivity index (χ3v) is 3.70. The van der Waals surface area contributed by atoms with Crippen LogP contribution in [0.1, 0.15) is 24.5 Å². The second kappa shape index (κ2) is 5.55. The highest BCUT2D eigenvalue weighted by atomic mass is 16.5. The van der Waals surface area contributed by atoms with Gasteiger partial charge in [-0.1, -0.05) is 54.6 Å². The fourth-order valence-electron chi connectivity index (χ4n) is 2.61. The topological polar surface area (TPSA) is 29.5 Å². The van der Waals surface area contributed by atoms with Crippen molar-refractivity contribution in [1.29, 1.82) is 0 Å². The molecule has 19 heavy (non-hydrogen) atoms. The quantitative estimate of drug-likeness (QED) is 0.907. The fourth-order valence-corrected chi connectivity index (χ4v) is 2.61. The molecule has 2 nitrogen and oxygen atoms in total. The van der Waals surface area contributed by atoms with Gasteiger partial charge in [0, 0.05) is 0 Å². The molecule has 0 bridgehead atoms. The molecule has 0 unspecified atom stereocenters. The Morgan fingerprint density at radius 1 is 0.895 bits per heavy atom. The van der Waals surface area contributed by atoms with Gasteiger partial charge in [0.05, 0.1) is 18.8 Å². The first-order chi connectivity index (χ1) is 9.36. The summed E-state index contributed by atoms with van der Waals surface area (Å²) in [4.78, 5) is 0. The predicted octanol–water partition coefficient (Wildman–Crippen LogP) is 3.57. The number of benzene rings is 2. The Kier molecular flexibility index (Phi) is 3.62. The van der Waals surface area contributed by atoms with Crippen LogP contribution in [0.4, 0.5) is 0 Å². The minimum atomic E-state index is 0.0128. The van der Waals surface area contributed by atoms with Gasteiger partial charge in [0.25, 0.3) is 0 Å². The van der Waals surface area contributed by atoms with E-state index in [9.17, 15) is 0 Å². The molecule has 2 aromatic rings. The normalized spacial score (nSPS) is 22.6. The number of rotatable bonds is 3. The van der Waals surface area contributed by atoms with Crippen molar-refractivity contribution in [2.45, 2.75) is 25.0 Å². The third-order valence-electron chi connectivity index (χ3n) is 3.70. The smallest absolute Gasteiger partial charge is 0.0830 e. The molecule has 3 rings (SSSR count). The molecular weight excluding hydrogens is 236 g/mol. The lowest BCUT2D eigenvalue weighted by Gasteiger charge is -2.13. The van der Waals surface area contributed by atoms with Crippen LogP contribution in [0, 0.1) is 0 Å². The van der Waals surface area contributed by atoms with Crippen molar-refractivity contribution in [3.63, 3.8) is 0 Å². The first-order valence-corrected chi connectivity index (χ1v) is 6.78. The Hall–Kier alpha value is -1.64. The molecule has 0 amide bonds. The first kappa shape index (κ1) is 12.4. The van der Waals surface area contributed by atoms with Crippen molar-refractivity contribution >= 4 is 0 Å². The lowest BCUT2D eigenvalue weighted by atomic mass is 10.0. The summed E-state index contributed by atoms with van der Waals surface area (Å²) < 4.78 is 5.79. The second-order valence-corrected chi connectivity index (χ2v) is 4.99. The zero-order chi connectivity index (χ0) is 13.1. The monoisotopic (exact) mass is 254 g/mol. The SMILES string of the molecule is OC[C@H]1CC[C@H](c2ccc(-c3ccccc3)cc2)O1. The summed E-state index contributed by atoms with van der Waals surface area (Å²) in [6, 6.07) is 18.9. The van der Waals surface area contributed by atoms with Crippen LogP contribution < -0.4 is 0 Å². The van der Waals surface area contributed by atoms with E-state index in [0.29, 0.717) is 0 Å². The Balaban J connectivity index is 1.76. The fraction of sp³-hybridized carbons (Fsp3) is 0.294. The first-order valence-electron chi connectivity index (χ1n) is 6.78. The molecule has 1 N–H and O–H groups in total. The summed E-state index contributed by atoms with van der Waals surface area (Å²) in [7, 11) is 0. The highest BCUT2D eigenvalue weighted by Gasteiger charge is 2.25. The van der Waals surface area contributed by atoms with Crippen LogP contribution in [-0.2, 0) is 4.74 Å². The standard InChI is InChI=1S/C17H18O2/c18-12-16-10-11-17(19-16)15-8-6-14(7-9-15)13-4-2-1-3-5-13/h1-9,16-18H,10-12H2/t16-,17-/m1/s1. The molecule has 0 aromatic heterocycles. The molecule has 1 saturated heterocycles. The zero-order valence-electron chi connectivity index (χ0n) is 10.8. The molecule has 0 aliphatic carbocycles. The van der Waals surface area contributed by atoms with E-state index in [1.807, 2.05) is 6.07 Å². The largest absolute Gasteiger partial charge is 0.394 e. The number of ether oxygens (including phenoxy) is 1. The van der Waals surface area contributed by atoms with E-state index >= 15 is 0 Å². The van der Waals surface area contributed by atoms with E-state index in [4.69, 9.17) is 9.84 Å². The maximum atomic E-state index is 9.10. The molecule has 1 heterocycles. The van der Waals surface area contributed by atoms with Gasteiger partial charge in [-0.05, 0) is 29.5 Å². The van der Waals surface area contributed by atoms with Crippen LogP contribution in [0.2, 0.25) is 0 Å². The van der Waals surface area contributed by atoms with Crippen molar-refractivity contribution in [3.05, 3.63) is 60.2 Å².